The van der Waals surface area contributed by atoms with Gasteiger partial charge in [-0.15, -0.1) is 0 Å². The Morgan fingerprint density at radius 1 is 0.912 bits per heavy atom. The van der Waals surface area contributed by atoms with Crippen molar-refractivity contribution in [1.82, 2.24) is 0 Å². The Hall–Kier alpha value is -4.05. The summed E-state index contributed by atoms with van der Waals surface area (Å²) in [6, 6.07) is 13.7. The van der Waals surface area contributed by atoms with E-state index >= 15 is 0 Å². The first kappa shape index (κ1) is 23.1. The monoisotopic (exact) mass is 460 g/mol. The maximum atomic E-state index is 9.93. The Morgan fingerprint density at radius 3 is 2.21 bits per heavy atom. The molecule has 1 unspecified atom stereocenters. The second-order valence-corrected chi connectivity index (χ2v) is 8.03. The Balaban J connectivity index is 1.82. The van der Waals surface area contributed by atoms with Gasteiger partial charge in [0, 0.05) is 5.92 Å². The first-order valence-corrected chi connectivity index (χ1v) is 11.0. The fraction of sp³-hybridized carbons (Fsp3) is 0.296. The van der Waals surface area contributed by atoms with Gasteiger partial charge in [-0.05, 0) is 71.9 Å². The van der Waals surface area contributed by atoms with Gasteiger partial charge in [0.05, 0.1) is 28.4 Å². The summed E-state index contributed by atoms with van der Waals surface area (Å²) in [7, 11) is 6.41. The lowest BCUT2D eigenvalue weighted by molar-refractivity contribution is 0.277. The van der Waals surface area contributed by atoms with Gasteiger partial charge in [0.15, 0.2) is 23.0 Å². The van der Waals surface area contributed by atoms with Crippen molar-refractivity contribution < 1.29 is 23.7 Å². The smallest absolute Gasteiger partial charge is 0.205 e. The lowest BCUT2D eigenvalue weighted by Crippen LogP contribution is -2.23. The summed E-state index contributed by atoms with van der Waals surface area (Å²) in [5.74, 6) is 3.09. The maximum Gasteiger partial charge on any atom is 0.205 e. The molecule has 0 fully saturated rings. The molecule has 1 heterocycles. The average Bonchev–Trinajstić information content (AvgIpc) is 2.87. The number of benzene rings is 2. The zero-order chi connectivity index (χ0) is 24.2. The maximum absolute atomic E-state index is 9.93. The molecule has 1 aliphatic heterocycles. The summed E-state index contributed by atoms with van der Waals surface area (Å²) < 4.78 is 27.8. The van der Waals surface area contributed by atoms with E-state index in [2.05, 4.69) is 12.1 Å². The third-order valence-corrected chi connectivity index (χ3v) is 6.20. The molecule has 0 bridgehead atoms. The highest BCUT2D eigenvalue weighted by Crippen LogP contribution is 2.48. The average molecular weight is 461 g/mol. The van der Waals surface area contributed by atoms with E-state index in [-0.39, 0.29) is 11.8 Å². The second-order valence-electron chi connectivity index (χ2n) is 8.03. The summed E-state index contributed by atoms with van der Waals surface area (Å²) in [5, 5.41) is 9.93. The number of nitrogens with zero attached hydrogens (tertiary/aromatic N) is 1. The predicted molar refractivity (Wildman–Crippen MR) is 129 cm³/mol. The second kappa shape index (κ2) is 9.84. The van der Waals surface area contributed by atoms with Crippen LogP contribution in [0.1, 0.15) is 36.3 Å². The van der Waals surface area contributed by atoms with Crippen molar-refractivity contribution in [2.75, 3.05) is 28.4 Å². The van der Waals surface area contributed by atoms with Gasteiger partial charge < -0.3 is 29.4 Å². The quantitative estimate of drug-likeness (QED) is 0.644. The number of nitrogens with two attached hydrogens (primary N) is 1. The number of methoxy groups -OCH3 is 4. The third kappa shape index (κ3) is 4.15. The lowest BCUT2D eigenvalue weighted by atomic mass is 9.77. The number of nitriles is 1. The van der Waals surface area contributed by atoms with E-state index in [0.29, 0.717) is 28.6 Å². The summed E-state index contributed by atoms with van der Waals surface area (Å²) in [6.45, 7) is 0. The molecule has 2 N–H and O–H groups in total. The van der Waals surface area contributed by atoms with E-state index in [1.165, 1.54) is 0 Å². The molecule has 0 aromatic heterocycles. The molecule has 1 aliphatic carbocycles. The van der Waals surface area contributed by atoms with Crippen LogP contribution in [-0.4, -0.2) is 28.4 Å². The standard InChI is InChI=1S/C27H28N2O5/c1-30-21-10-8-16(13-23(21)32-3)12-18-6-5-7-19-25(20(15-28)27(29)34-26(18)19)17-9-11-22(31-2)24(14-17)33-4/h8-14,25H,5-7,29H2,1-4H3/b18-12-. The van der Waals surface area contributed by atoms with Gasteiger partial charge >= 0.3 is 0 Å². The molecule has 176 valence electrons. The van der Waals surface area contributed by atoms with Gasteiger partial charge in [-0.2, -0.15) is 5.26 Å². The highest BCUT2D eigenvalue weighted by molar-refractivity contribution is 5.64. The van der Waals surface area contributed by atoms with Gasteiger partial charge in [-0.1, -0.05) is 12.1 Å². The lowest BCUT2D eigenvalue weighted by Gasteiger charge is -2.33. The Bertz CT molecular complexity index is 1240. The van der Waals surface area contributed by atoms with E-state index in [1.54, 1.807) is 28.4 Å². The molecule has 7 nitrogen and oxygen atoms in total. The van der Waals surface area contributed by atoms with Crippen LogP contribution in [0.5, 0.6) is 23.0 Å². The molecule has 2 aromatic rings. The van der Waals surface area contributed by atoms with Crippen molar-refractivity contribution in [2.24, 2.45) is 5.73 Å². The normalized spacial score (nSPS) is 18.7. The van der Waals surface area contributed by atoms with E-state index in [0.717, 1.165) is 47.3 Å². The molecule has 0 saturated carbocycles. The largest absolute Gasteiger partial charge is 0.493 e. The summed E-state index contributed by atoms with van der Waals surface area (Å²) in [5.41, 5.74) is 10.6. The summed E-state index contributed by atoms with van der Waals surface area (Å²) >= 11 is 0. The predicted octanol–water partition coefficient (Wildman–Crippen LogP) is 5.05. The SMILES string of the molecule is COc1ccc(/C=C2/CCCC3=C2OC(N)=C(C#N)C3c2ccc(OC)c(OC)c2)cc1OC. The fourth-order valence-electron chi connectivity index (χ4n) is 4.59. The highest BCUT2D eigenvalue weighted by atomic mass is 16.5. The molecule has 34 heavy (non-hydrogen) atoms. The minimum Gasteiger partial charge on any atom is -0.493 e. The molecular weight excluding hydrogens is 432 g/mol. The topological polar surface area (TPSA) is 96.0 Å². The number of hydrogen-bond donors (Lipinski definition) is 1. The zero-order valence-electron chi connectivity index (χ0n) is 19.8. The molecule has 4 rings (SSSR count). The molecule has 2 aliphatic rings. The van der Waals surface area contributed by atoms with Gasteiger partial charge in [0.25, 0.3) is 0 Å². The molecule has 0 spiro atoms. The van der Waals surface area contributed by atoms with Crippen molar-refractivity contribution in [3.05, 3.63) is 75.9 Å². The highest BCUT2D eigenvalue weighted by Gasteiger charge is 2.36. The Morgan fingerprint density at radius 2 is 1.56 bits per heavy atom. The molecule has 7 heteroatoms. The number of ether oxygens (including phenoxy) is 5. The molecule has 0 amide bonds. The summed E-state index contributed by atoms with van der Waals surface area (Å²) in [4.78, 5) is 0. The summed E-state index contributed by atoms with van der Waals surface area (Å²) in [6.07, 6.45) is 4.65. The zero-order valence-corrected chi connectivity index (χ0v) is 19.8. The van der Waals surface area contributed by atoms with Crippen LogP contribution in [0.4, 0.5) is 0 Å². The van der Waals surface area contributed by atoms with Crippen molar-refractivity contribution >= 4 is 6.08 Å². The van der Waals surface area contributed by atoms with Crippen LogP contribution in [0.15, 0.2) is 64.8 Å². The third-order valence-electron chi connectivity index (χ3n) is 6.20. The minimum absolute atomic E-state index is 0.126. The first-order chi connectivity index (χ1) is 16.5. The fourth-order valence-corrected chi connectivity index (χ4v) is 4.59. The van der Waals surface area contributed by atoms with Gasteiger partial charge in [0.1, 0.15) is 17.4 Å². The number of allylic oxidation sites excluding steroid dienone is 3. The van der Waals surface area contributed by atoms with Crippen LogP contribution in [0, 0.1) is 11.3 Å². The van der Waals surface area contributed by atoms with Gasteiger partial charge in [0.2, 0.25) is 5.88 Å². The van der Waals surface area contributed by atoms with Crippen LogP contribution in [0.3, 0.4) is 0 Å². The Kier molecular flexibility index (Phi) is 6.69. The van der Waals surface area contributed by atoms with Gasteiger partial charge in [-0.3, -0.25) is 0 Å². The van der Waals surface area contributed by atoms with Crippen molar-refractivity contribution in [1.29, 1.82) is 5.26 Å². The van der Waals surface area contributed by atoms with Crippen molar-refractivity contribution in [2.45, 2.75) is 25.2 Å². The van der Waals surface area contributed by atoms with Crippen LogP contribution in [0.2, 0.25) is 0 Å². The van der Waals surface area contributed by atoms with Crippen LogP contribution in [-0.2, 0) is 4.74 Å². The van der Waals surface area contributed by atoms with E-state index in [4.69, 9.17) is 29.4 Å². The van der Waals surface area contributed by atoms with Crippen LogP contribution < -0.4 is 24.7 Å². The molecule has 1 atom stereocenters. The molecule has 0 saturated heterocycles. The molecule has 2 aromatic carbocycles. The van der Waals surface area contributed by atoms with E-state index in [9.17, 15) is 5.26 Å². The van der Waals surface area contributed by atoms with E-state index < -0.39 is 0 Å². The molecule has 0 radical (unpaired) electrons. The van der Waals surface area contributed by atoms with Crippen molar-refractivity contribution in [3.63, 3.8) is 0 Å². The number of rotatable bonds is 6. The minimum atomic E-state index is -0.317. The first-order valence-electron chi connectivity index (χ1n) is 11.0. The number of hydrogen-bond acceptors (Lipinski definition) is 7. The van der Waals surface area contributed by atoms with Crippen molar-refractivity contribution in [3.8, 4) is 29.1 Å². The van der Waals surface area contributed by atoms with Crippen LogP contribution in [0.25, 0.3) is 6.08 Å². The van der Waals surface area contributed by atoms with Gasteiger partial charge in [-0.25, -0.2) is 0 Å². The van der Waals surface area contributed by atoms with Crippen LogP contribution >= 0.6 is 0 Å². The Labute approximate surface area is 199 Å². The van der Waals surface area contributed by atoms with E-state index in [1.807, 2.05) is 36.4 Å². The molecular formula is C27H28N2O5.